The summed E-state index contributed by atoms with van der Waals surface area (Å²) in [5.41, 5.74) is 0.322. The lowest BCUT2D eigenvalue weighted by Crippen LogP contribution is -3.05. The fraction of sp³-hybridized carbons (Fsp3) is 0.562. The maximum absolute atomic E-state index is 12.2. The third-order valence-corrected chi connectivity index (χ3v) is 4.87. The first kappa shape index (κ1) is 21.2. The van der Waals surface area contributed by atoms with Crippen molar-refractivity contribution in [2.45, 2.75) is 6.42 Å². The fourth-order valence-electron chi connectivity index (χ4n) is 2.12. The lowest BCUT2D eigenvalue weighted by atomic mass is 10.2. The molecular weight excluding hydrogens is 346 g/mol. The standard InChI is InChI=1S/C16H27N3O5S/c1-19(2)10-5-8-18-25(21,22)11-9-17-16(20)14-7-6-13(23-3)12-15(14)24-4/h6-7,12,18H,5,8-11H2,1-4H3,(H,17,20)/p+1. The number of nitrogens with one attached hydrogen (secondary N) is 3. The molecule has 0 unspecified atom stereocenters. The van der Waals surface area contributed by atoms with Crippen LogP contribution in [-0.2, 0) is 10.0 Å². The number of quaternary nitrogens is 1. The third kappa shape index (κ3) is 7.72. The smallest absolute Gasteiger partial charge is 0.255 e. The number of carbonyl (C=O) groups excluding carboxylic acids is 1. The van der Waals surface area contributed by atoms with Crippen molar-refractivity contribution in [1.82, 2.24) is 10.0 Å². The van der Waals surface area contributed by atoms with Crippen LogP contribution in [0.15, 0.2) is 18.2 Å². The highest BCUT2D eigenvalue weighted by Crippen LogP contribution is 2.24. The minimum atomic E-state index is -3.41. The normalized spacial score (nSPS) is 11.4. The average molecular weight is 374 g/mol. The van der Waals surface area contributed by atoms with E-state index in [1.165, 1.54) is 19.1 Å². The van der Waals surface area contributed by atoms with Crippen molar-refractivity contribution >= 4 is 15.9 Å². The number of rotatable bonds is 11. The van der Waals surface area contributed by atoms with Gasteiger partial charge in [-0.15, -0.1) is 0 Å². The topological polar surface area (TPSA) is 98.2 Å². The molecule has 1 aromatic rings. The minimum Gasteiger partial charge on any atom is -0.497 e. The van der Waals surface area contributed by atoms with Gasteiger partial charge in [-0.3, -0.25) is 4.79 Å². The number of methoxy groups -OCH3 is 2. The number of hydrogen-bond acceptors (Lipinski definition) is 5. The van der Waals surface area contributed by atoms with E-state index >= 15 is 0 Å². The van der Waals surface area contributed by atoms with Gasteiger partial charge in [-0.25, -0.2) is 13.1 Å². The molecule has 0 bridgehead atoms. The van der Waals surface area contributed by atoms with Crippen molar-refractivity contribution < 1.29 is 27.6 Å². The van der Waals surface area contributed by atoms with E-state index in [1.807, 2.05) is 14.1 Å². The molecule has 9 heteroatoms. The Balaban J connectivity index is 2.48. The Labute approximate surface area is 149 Å². The van der Waals surface area contributed by atoms with Crippen molar-refractivity contribution in [1.29, 1.82) is 0 Å². The summed E-state index contributed by atoms with van der Waals surface area (Å²) in [6.07, 6.45) is 0.761. The van der Waals surface area contributed by atoms with Gasteiger partial charge in [0.2, 0.25) is 10.0 Å². The van der Waals surface area contributed by atoms with Gasteiger partial charge in [-0.2, -0.15) is 0 Å². The summed E-state index contributed by atoms with van der Waals surface area (Å²) in [7, 11) is 3.59. The van der Waals surface area contributed by atoms with Crippen molar-refractivity contribution in [3.8, 4) is 11.5 Å². The quantitative estimate of drug-likeness (QED) is 0.427. The second-order valence-electron chi connectivity index (χ2n) is 5.85. The van der Waals surface area contributed by atoms with Crippen LogP contribution in [0.3, 0.4) is 0 Å². The summed E-state index contributed by atoms with van der Waals surface area (Å²) in [4.78, 5) is 13.5. The molecule has 0 aliphatic rings. The first-order valence-corrected chi connectivity index (χ1v) is 9.71. The highest BCUT2D eigenvalue weighted by atomic mass is 32.2. The predicted octanol–water partition coefficient (Wildman–Crippen LogP) is -1.11. The number of carbonyl (C=O) groups is 1. The largest absolute Gasteiger partial charge is 0.497 e. The second-order valence-corrected chi connectivity index (χ2v) is 7.77. The van der Waals surface area contributed by atoms with Gasteiger partial charge >= 0.3 is 0 Å². The molecule has 1 amide bonds. The van der Waals surface area contributed by atoms with Gasteiger partial charge in [0, 0.05) is 25.6 Å². The summed E-state index contributed by atoms with van der Waals surface area (Å²) < 4.78 is 36.6. The van der Waals surface area contributed by atoms with Crippen LogP contribution < -0.4 is 24.4 Å². The van der Waals surface area contributed by atoms with E-state index in [2.05, 4.69) is 10.0 Å². The molecule has 25 heavy (non-hydrogen) atoms. The van der Waals surface area contributed by atoms with E-state index in [9.17, 15) is 13.2 Å². The maximum atomic E-state index is 12.2. The Hall–Kier alpha value is -1.84. The Morgan fingerprint density at radius 3 is 2.48 bits per heavy atom. The molecule has 8 nitrogen and oxygen atoms in total. The van der Waals surface area contributed by atoms with Gasteiger partial charge in [0.25, 0.3) is 5.91 Å². The van der Waals surface area contributed by atoms with Crippen LogP contribution in [0.25, 0.3) is 0 Å². The van der Waals surface area contributed by atoms with Crippen LogP contribution >= 0.6 is 0 Å². The van der Waals surface area contributed by atoms with Crippen LogP contribution in [0, 0.1) is 0 Å². The number of ether oxygens (including phenoxy) is 2. The van der Waals surface area contributed by atoms with Gasteiger partial charge in [0.05, 0.1) is 46.2 Å². The zero-order valence-electron chi connectivity index (χ0n) is 15.2. The van der Waals surface area contributed by atoms with Gasteiger partial charge in [-0.05, 0) is 12.1 Å². The third-order valence-electron chi connectivity index (χ3n) is 3.49. The van der Waals surface area contributed by atoms with Gasteiger partial charge < -0.3 is 19.7 Å². The molecule has 0 heterocycles. The minimum absolute atomic E-state index is 0.0162. The summed E-state index contributed by atoms with van der Waals surface area (Å²) in [5, 5.41) is 2.59. The number of hydrogen-bond donors (Lipinski definition) is 3. The highest BCUT2D eigenvalue weighted by Gasteiger charge is 2.15. The summed E-state index contributed by atoms with van der Waals surface area (Å²) >= 11 is 0. The maximum Gasteiger partial charge on any atom is 0.255 e. The lowest BCUT2D eigenvalue weighted by Gasteiger charge is -2.11. The molecule has 0 aromatic heterocycles. The highest BCUT2D eigenvalue weighted by molar-refractivity contribution is 7.89. The van der Waals surface area contributed by atoms with E-state index in [4.69, 9.17) is 9.47 Å². The summed E-state index contributed by atoms with van der Waals surface area (Å²) in [5.74, 6) is 0.362. The number of benzene rings is 1. The molecule has 1 aromatic carbocycles. The van der Waals surface area contributed by atoms with Crippen LogP contribution in [0.2, 0.25) is 0 Å². The van der Waals surface area contributed by atoms with E-state index < -0.39 is 15.9 Å². The van der Waals surface area contributed by atoms with Crippen molar-refractivity contribution in [3.05, 3.63) is 23.8 Å². The van der Waals surface area contributed by atoms with Gasteiger partial charge in [-0.1, -0.05) is 0 Å². The Bertz CT molecular complexity index is 662. The molecule has 0 saturated carbocycles. The molecule has 1 rings (SSSR count). The van der Waals surface area contributed by atoms with Crippen LogP contribution in [0.5, 0.6) is 11.5 Å². The van der Waals surface area contributed by atoms with E-state index in [0.717, 1.165) is 13.0 Å². The molecule has 0 spiro atoms. The van der Waals surface area contributed by atoms with Gasteiger partial charge in [0.15, 0.2) is 0 Å². The predicted molar refractivity (Wildman–Crippen MR) is 96.0 cm³/mol. The number of amides is 1. The molecule has 3 N–H and O–H groups in total. The van der Waals surface area contributed by atoms with E-state index in [1.54, 1.807) is 18.2 Å². The van der Waals surface area contributed by atoms with Crippen LogP contribution in [0.4, 0.5) is 0 Å². The molecule has 0 radical (unpaired) electrons. The van der Waals surface area contributed by atoms with Crippen LogP contribution in [0.1, 0.15) is 16.8 Å². The second kappa shape index (κ2) is 10.2. The molecule has 0 saturated heterocycles. The summed E-state index contributed by atoms with van der Waals surface area (Å²) in [6, 6.07) is 4.81. The summed E-state index contributed by atoms with van der Waals surface area (Å²) in [6.45, 7) is 1.30. The molecule has 142 valence electrons. The first-order chi connectivity index (χ1) is 11.8. The van der Waals surface area contributed by atoms with Crippen LogP contribution in [-0.4, -0.2) is 68.0 Å². The fourth-order valence-corrected chi connectivity index (χ4v) is 3.09. The van der Waals surface area contributed by atoms with E-state index in [0.29, 0.717) is 23.6 Å². The monoisotopic (exact) mass is 374 g/mol. The van der Waals surface area contributed by atoms with Gasteiger partial charge in [0.1, 0.15) is 11.5 Å². The zero-order chi connectivity index (χ0) is 18.9. The molecular formula is C16H28N3O5S+. The Morgan fingerprint density at radius 2 is 1.88 bits per heavy atom. The van der Waals surface area contributed by atoms with Crippen molar-refractivity contribution in [2.24, 2.45) is 0 Å². The molecule has 0 aliphatic carbocycles. The first-order valence-electron chi connectivity index (χ1n) is 8.05. The molecule has 0 aliphatic heterocycles. The average Bonchev–Trinajstić information content (AvgIpc) is 2.57. The SMILES string of the molecule is COc1ccc(C(=O)NCCS(=O)(=O)NCCC[NH+](C)C)c(OC)c1. The molecule has 0 fully saturated rings. The Kier molecular flexibility index (Phi) is 8.67. The number of sulfonamides is 1. The Morgan fingerprint density at radius 1 is 1.16 bits per heavy atom. The van der Waals surface area contributed by atoms with E-state index in [-0.39, 0.29) is 12.3 Å². The van der Waals surface area contributed by atoms with Crippen molar-refractivity contribution in [3.63, 3.8) is 0 Å². The zero-order valence-corrected chi connectivity index (χ0v) is 16.0. The van der Waals surface area contributed by atoms with Crippen molar-refractivity contribution in [2.75, 3.05) is 53.7 Å². The lowest BCUT2D eigenvalue weighted by molar-refractivity contribution is -0.858. The molecule has 0 atom stereocenters.